The minimum atomic E-state index is 0.623. The summed E-state index contributed by atoms with van der Waals surface area (Å²) in [6, 6.07) is 2.78. The molecular formula is C14H18N4S. The molecule has 2 aliphatic heterocycles. The van der Waals surface area contributed by atoms with Crippen LogP contribution < -0.4 is 10.2 Å². The average Bonchev–Trinajstić information content (AvgIpc) is 3.12. The molecule has 2 saturated heterocycles. The lowest BCUT2D eigenvalue weighted by Gasteiger charge is -2.28. The van der Waals surface area contributed by atoms with Crippen molar-refractivity contribution in [3.8, 4) is 0 Å². The van der Waals surface area contributed by atoms with E-state index < -0.39 is 0 Å². The molecule has 0 spiro atoms. The van der Waals surface area contributed by atoms with Crippen molar-refractivity contribution in [3.05, 3.63) is 17.8 Å². The van der Waals surface area contributed by atoms with Crippen molar-refractivity contribution in [1.82, 2.24) is 15.3 Å². The summed E-state index contributed by atoms with van der Waals surface area (Å²) in [6.07, 6.45) is 2.91. The van der Waals surface area contributed by atoms with E-state index >= 15 is 0 Å². The highest BCUT2D eigenvalue weighted by molar-refractivity contribution is 7.16. The zero-order valence-electron chi connectivity index (χ0n) is 11.0. The van der Waals surface area contributed by atoms with Crippen molar-refractivity contribution >= 4 is 27.4 Å². The van der Waals surface area contributed by atoms with E-state index in [0.29, 0.717) is 6.04 Å². The van der Waals surface area contributed by atoms with Gasteiger partial charge in [-0.25, -0.2) is 9.97 Å². The van der Waals surface area contributed by atoms with E-state index in [4.69, 9.17) is 0 Å². The van der Waals surface area contributed by atoms with Crippen LogP contribution in [0.3, 0.4) is 0 Å². The molecule has 3 unspecified atom stereocenters. The maximum Gasteiger partial charge on any atom is 0.141 e. The molecule has 0 aromatic carbocycles. The second kappa shape index (κ2) is 4.42. The Morgan fingerprint density at radius 1 is 1.42 bits per heavy atom. The zero-order valence-corrected chi connectivity index (χ0v) is 11.9. The zero-order chi connectivity index (χ0) is 12.8. The van der Waals surface area contributed by atoms with Crippen molar-refractivity contribution in [2.24, 2.45) is 11.8 Å². The molecule has 4 nitrogen and oxygen atoms in total. The number of hydrogen-bond donors (Lipinski definition) is 1. The predicted octanol–water partition coefficient (Wildman–Crippen LogP) is 2.13. The first-order valence-electron chi connectivity index (χ1n) is 7.04. The molecule has 0 amide bonds. The van der Waals surface area contributed by atoms with Crippen LogP contribution in [-0.4, -0.2) is 35.6 Å². The fraction of sp³-hybridized carbons (Fsp3) is 0.571. The van der Waals surface area contributed by atoms with Crippen LogP contribution in [0.2, 0.25) is 0 Å². The van der Waals surface area contributed by atoms with E-state index in [1.165, 1.54) is 11.8 Å². The Bertz CT molecular complexity index is 596. The summed E-state index contributed by atoms with van der Waals surface area (Å²) in [5.74, 6) is 2.72. The molecule has 4 heterocycles. The van der Waals surface area contributed by atoms with Crippen molar-refractivity contribution in [3.63, 3.8) is 0 Å². The molecular weight excluding hydrogens is 256 g/mol. The first-order chi connectivity index (χ1) is 9.38. The van der Waals surface area contributed by atoms with E-state index in [1.807, 2.05) is 0 Å². The Morgan fingerprint density at radius 3 is 3.26 bits per heavy atom. The van der Waals surface area contributed by atoms with Gasteiger partial charge in [0.25, 0.3) is 0 Å². The summed E-state index contributed by atoms with van der Waals surface area (Å²) in [6.45, 7) is 5.76. The number of aromatic nitrogens is 2. The maximum atomic E-state index is 4.59. The van der Waals surface area contributed by atoms with Gasteiger partial charge in [0.2, 0.25) is 0 Å². The number of nitrogens with zero attached hydrogens (tertiary/aromatic N) is 3. The third-order valence-corrected chi connectivity index (χ3v) is 5.47. The average molecular weight is 274 g/mol. The van der Waals surface area contributed by atoms with E-state index in [1.54, 1.807) is 17.7 Å². The topological polar surface area (TPSA) is 41.0 Å². The van der Waals surface area contributed by atoms with Crippen LogP contribution in [0, 0.1) is 11.8 Å². The molecule has 2 aromatic heterocycles. The van der Waals surface area contributed by atoms with E-state index in [9.17, 15) is 0 Å². The quantitative estimate of drug-likeness (QED) is 0.911. The van der Waals surface area contributed by atoms with E-state index in [2.05, 4.69) is 38.6 Å². The van der Waals surface area contributed by atoms with Crippen LogP contribution in [0.1, 0.15) is 13.3 Å². The number of rotatable bonds is 2. The first-order valence-corrected chi connectivity index (χ1v) is 7.92. The monoisotopic (exact) mass is 274 g/mol. The fourth-order valence-corrected chi connectivity index (χ4v) is 4.52. The Kier molecular flexibility index (Phi) is 2.70. The van der Waals surface area contributed by atoms with Crippen molar-refractivity contribution in [2.75, 3.05) is 24.5 Å². The van der Waals surface area contributed by atoms with Crippen LogP contribution in [0.25, 0.3) is 10.2 Å². The molecule has 4 rings (SSSR count). The number of nitrogens with one attached hydrogen (secondary N) is 1. The normalized spacial score (nSPS) is 30.2. The van der Waals surface area contributed by atoms with Gasteiger partial charge in [-0.2, -0.15) is 0 Å². The lowest BCUT2D eigenvalue weighted by molar-refractivity contribution is 0.441. The summed E-state index contributed by atoms with van der Waals surface area (Å²) < 4.78 is 0. The van der Waals surface area contributed by atoms with E-state index in [0.717, 1.165) is 42.1 Å². The Labute approximate surface area is 116 Å². The van der Waals surface area contributed by atoms with Gasteiger partial charge in [-0.3, -0.25) is 0 Å². The van der Waals surface area contributed by atoms with Crippen LogP contribution >= 0.6 is 11.3 Å². The van der Waals surface area contributed by atoms with Crippen molar-refractivity contribution in [1.29, 1.82) is 0 Å². The molecule has 100 valence electrons. The molecule has 1 N–H and O–H groups in total. The SMILES string of the molecule is CCC1C2CNCC2CN1c1ncnc2sccc12. The van der Waals surface area contributed by atoms with Crippen molar-refractivity contribution < 1.29 is 0 Å². The Hall–Kier alpha value is -1.20. The van der Waals surface area contributed by atoms with Gasteiger partial charge < -0.3 is 10.2 Å². The second-order valence-electron chi connectivity index (χ2n) is 5.55. The summed E-state index contributed by atoms with van der Waals surface area (Å²) in [7, 11) is 0. The second-order valence-corrected chi connectivity index (χ2v) is 6.44. The van der Waals surface area contributed by atoms with Gasteiger partial charge >= 0.3 is 0 Å². The third kappa shape index (κ3) is 1.68. The standard InChI is InChI=1S/C14H18N4S/c1-2-12-11-6-15-5-9(11)7-18(12)13-10-3-4-19-14(10)17-8-16-13/h3-4,8-9,11-12,15H,2,5-7H2,1H3. The molecule has 19 heavy (non-hydrogen) atoms. The smallest absolute Gasteiger partial charge is 0.141 e. The Morgan fingerprint density at radius 2 is 2.37 bits per heavy atom. The van der Waals surface area contributed by atoms with Gasteiger partial charge in [-0.05, 0) is 29.7 Å². The van der Waals surface area contributed by atoms with Gasteiger partial charge in [-0.1, -0.05) is 6.92 Å². The molecule has 2 fully saturated rings. The molecule has 0 aliphatic carbocycles. The van der Waals surface area contributed by atoms with Gasteiger partial charge in [-0.15, -0.1) is 11.3 Å². The lowest BCUT2D eigenvalue weighted by Crippen LogP contribution is -2.35. The summed E-state index contributed by atoms with van der Waals surface area (Å²) in [5, 5.41) is 6.87. The predicted molar refractivity (Wildman–Crippen MR) is 78.7 cm³/mol. The molecule has 2 aromatic rings. The minimum Gasteiger partial charge on any atom is -0.352 e. The Balaban J connectivity index is 1.77. The van der Waals surface area contributed by atoms with Crippen LogP contribution in [0.15, 0.2) is 17.8 Å². The third-order valence-electron chi connectivity index (χ3n) is 4.65. The molecule has 3 atom stereocenters. The number of anilines is 1. The summed E-state index contributed by atoms with van der Waals surface area (Å²) in [5.41, 5.74) is 0. The van der Waals surface area contributed by atoms with Gasteiger partial charge in [0.15, 0.2) is 0 Å². The molecule has 0 radical (unpaired) electrons. The first kappa shape index (κ1) is 11.6. The van der Waals surface area contributed by atoms with Gasteiger partial charge in [0, 0.05) is 25.7 Å². The van der Waals surface area contributed by atoms with Gasteiger partial charge in [0.05, 0.1) is 5.39 Å². The largest absolute Gasteiger partial charge is 0.352 e. The van der Waals surface area contributed by atoms with Crippen LogP contribution in [-0.2, 0) is 0 Å². The number of fused-ring (bicyclic) bond motifs is 2. The van der Waals surface area contributed by atoms with Crippen LogP contribution in [0.4, 0.5) is 5.82 Å². The molecule has 2 aliphatic rings. The highest BCUT2D eigenvalue weighted by Crippen LogP contribution is 2.39. The van der Waals surface area contributed by atoms with Gasteiger partial charge in [0.1, 0.15) is 17.0 Å². The number of hydrogen-bond acceptors (Lipinski definition) is 5. The molecule has 0 saturated carbocycles. The van der Waals surface area contributed by atoms with Crippen molar-refractivity contribution in [2.45, 2.75) is 19.4 Å². The molecule has 0 bridgehead atoms. The lowest BCUT2D eigenvalue weighted by atomic mass is 9.93. The van der Waals surface area contributed by atoms with Crippen LogP contribution in [0.5, 0.6) is 0 Å². The summed E-state index contributed by atoms with van der Waals surface area (Å²) in [4.78, 5) is 12.6. The number of thiophene rings is 1. The maximum absolute atomic E-state index is 4.59. The highest BCUT2D eigenvalue weighted by Gasteiger charge is 2.44. The fourth-order valence-electron chi connectivity index (χ4n) is 3.80. The van der Waals surface area contributed by atoms with E-state index in [-0.39, 0.29) is 0 Å². The minimum absolute atomic E-state index is 0.623. The molecule has 5 heteroatoms. The summed E-state index contributed by atoms with van der Waals surface area (Å²) >= 11 is 1.70. The highest BCUT2D eigenvalue weighted by atomic mass is 32.1.